The molecule has 0 nitrogen and oxygen atoms in total. The molecular formula is C12H12ClI. The van der Waals surface area contributed by atoms with Crippen LogP contribution >= 0.6 is 34.2 Å². The van der Waals surface area contributed by atoms with Crippen LogP contribution in [0.4, 0.5) is 0 Å². The Kier molecular flexibility index (Phi) is 2.28. The lowest BCUT2D eigenvalue weighted by Gasteiger charge is -2.39. The first-order chi connectivity index (χ1) is 6.77. The highest BCUT2D eigenvalue weighted by atomic mass is 127. The molecule has 4 rings (SSSR count). The molecule has 0 N–H and O–H groups in total. The lowest BCUT2D eigenvalue weighted by molar-refractivity contribution is 0.358. The first kappa shape index (κ1) is 9.46. The van der Waals surface area contributed by atoms with E-state index in [9.17, 15) is 0 Å². The summed E-state index contributed by atoms with van der Waals surface area (Å²) in [4.78, 5) is 0. The summed E-state index contributed by atoms with van der Waals surface area (Å²) in [6.07, 6.45) is 5.48. The van der Waals surface area contributed by atoms with Gasteiger partial charge in [-0.3, -0.25) is 0 Å². The molecule has 0 radical (unpaired) electrons. The van der Waals surface area contributed by atoms with Gasteiger partial charge in [-0.25, -0.2) is 0 Å². The van der Waals surface area contributed by atoms with E-state index in [1.54, 1.807) is 5.56 Å². The van der Waals surface area contributed by atoms with E-state index in [0.29, 0.717) is 0 Å². The maximum atomic E-state index is 6.40. The summed E-state index contributed by atoms with van der Waals surface area (Å²) < 4.78 is 1.22. The lowest BCUT2D eigenvalue weighted by atomic mass is 9.67. The van der Waals surface area contributed by atoms with Crippen molar-refractivity contribution in [2.75, 3.05) is 0 Å². The quantitative estimate of drug-likeness (QED) is 0.608. The fourth-order valence-corrected chi connectivity index (χ4v) is 3.84. The van der Waals surface area contributed by atoms with Crippen molar-refractivity contribution in [1.82, 2.24) is 0 Å². The highest BCUT2D eigenvalue weighted by Gasteiger charge is 2.34. The highest BCUT2D eigenvalue weighted by Crippen LogP contribution is 2.52. The normalized spacial score (nSPS) is 29.0. The maximum Gasteiger partial charge on any atom is 0.0577 e. The second kappa shape index (κ2) is 3.38. The zero-order chi connectivity index (χ0) is 9.71. The SMILES string of the molecule is Clc1c(I)ccc2c1C1CCC2CC1. The van der Waals surface area contributed by atoms with Crippen molar-refractivity contribution in [1.29, 1.82) is 0 Å². The fourth-order valence-electron chi connectivity index (χ4n) is 3.05. The molecule has 0 spiro atoms. The number of rotatable bonds is 0. The van der Waals surface area contributed by atoms with Crippen LogP contribution in [-0.2, 0) is 0 Å². The van der Waals surface area contributed by atoms with Gasteiger partial charge in [-0.1, -0.05) is 17.7 Å². The Morgan fingerprint density at radius 3 is 2.43 bits per heavy atom. The molecular weight excluding hydrogens is 306 g/mol. The van der Waals surface area contributed by atoms with Crippen molar-refractivity contribution in [2.24, 2.45) is 0 Å². The number of benzene rings is 1. The van der Waals surface area contributed by atoms with Crippen LogP contribution in [-0.4, -0.2) is 0 Å². The van der Waals surface area contributed by atoms with E-state index < -0.39 is 0 Å². The minimum Gasteiger partial charge on any atom is -0.0829 e. The van der Waals surface area contributed by atoms with Crippen molar-refractivity contribution >= 4 is 34.2 Å². The number of hydrogen-bond acceptors (Lipinski definition) is 0. The minimum absolute atomic E-state index is 0.761. The predicted molar refractivity (Wildman–Crippen MR) is 68.1 cm³/mol. The Morgan fingerprint density at radius 2 is 1.71 bits per heavy atom. The summed E-state index contributed by atoms with van der Waals surface area (Å²) in [5.74, 6) is 1.57. The third kappa shape index (κ3) is 1.25. The zero-order valence-electron chi connectivity index (χ0n) is 7.89. The molecule has 0 unspecified atom stereocenters. The molecule has 1 aromatic rings. The fraction of sp³-hybridized carbons (Fsp3) is 0.500. The molecule has 1 aromatic carbocycles. The largest absolute Gasteiger partial charge is 0.0829 e. The Labute approximate surface area is 103 Å². The molecule has 0 aromatic heterocycles. The average Bonchev–Trinajstić information content (AvgIpc) is 2.25. The molecule has 1 fully saturated rings. The van der Waals surface area contributed by atoms with Crippen molar-refractivity contribution in [3.8, 4) is 0 Å². The number of halogens is 2. The van der Waals surface area contributed by atoms with Gasteiger partial charge in [0.25, 0.3) is 0 Å². The van der Waals surface area contributed by atoms with Crippen LogP contribution in [0.15, 0.2) is 12.1 Å². The second-order valence-electron chi connectivity index (χ2n) is 4.41. The van der Waals surface area contributed by atoms with Gasteiger partial charge in [0.2, 0.25) is 0 Å². The molecule has 0 aliphatic heterocycles. The van der Waals surface area contributed by atoms with E-state index in [-0.39, 0.29) is 0 Å². The van der Waals surface area contributed by atoms with Crippen LogP contribution in [0.1, 0.15) is 48.6 Å². The van der Waals surface area contributed by atoms with Gasteiger partial charge >= 0.3 is 0 Å². The zero-order valence-corrected chi connectivity index (χ0v) is 10.8. The number of fused-ring (bicyclic) bond motifs is 2. The topological polar surface area (TPSA) is 0 Å². The van der Waals surface area contributed by atoms with Gasteiger partial charge in [-0.05, 0) is 77.3 Å². The summed E-state index contributed by atoms with van der Waals surface area (Å²) in [6.45, 7) is 0. The summed E-state index contributed by atoms with van der Waals surface area (Å²) in [5.41, 5.74) is 3.04. The minimum atomic E-state index is 0.761. The molecule has 1 saturated carbocycles. The van der Waals surface area contributed by atoms with Crippen LogP contribution in [0.2, 0.25) is 5.02 Å². The first-order valence-electron chi connectivity index (χ1n) is 5.25. The molecule has 14 heavy (non-hydrogen) atoms. The molecule has 0 atom stereocenters. The number of hydrogen-bond donors (Lipinski definition) is 0. The van der Waals surface area contributed by atoms with Crippen LogP contribution in [0, 0.1) is 3.57 Å². The van der Waals surface area contributed by atoms with E-state index >= 15 is 0 Å². The molecule has 2 heteroatoms. The van der Waals surface area contributed by atoms with E-state index in [4.69, 9.17) is 11.6 Å². The van der Waals surface area contributed by atoms with Gasteiger partial charge in [-0.15, -0.1) is 0 Å². The predicted octanol–water partition coefficient (Wildman–Crippen LogP) is 4.70. The van der Waals surface area contributed by atoms with E-state index in [1.807, 2.05) is 0 Å². The van der Waals surface area contributed by atoms with Crippen LogP contribution in [0.25, 0.3) is 0 Å². The second-order valence-corrected chi connectivity index (χ2v) is 5.95. The third-order valence-corrected chi connectivity index (χ3v) is 5.37. The van der Waals surface area contributed by atoms with Crippen LogP contribution < -0.4 is 0 Å². The lowest BCUT2D eigenvalue weighted by Crippen LogP contribution is -2.22. The Balaban J connectivity index is 2.24. The van der Waals surface area contributed by atoms with Crippen molar-refractivity contribution in [3.05, 3.63) is 31.9 Å². The summed E-state index contributed by atoms with van der Waals surface area (Å²) >= 11 is 8.74. The van der Waals surface area contributed by atoms with Crippen LogP contribution in [0.5, 0.6) is 0 Å². The van der Waals surface area contributed by atoms with Gasteiger partial charge in [-0.2, -0.15) is 0 Å². The average molecular weight is 319 g/mol. The molecule has 2 bridgehead atoms. The first-order valence-corrected chi connectivity index (χ1v) is 6.71. The summed E-state index contributed by atoms with van der Waals surface area (Å²) in [7, 11) is 0. The van der Waals surface area contributed by atoms with Crippen molar-refractivity contribution in [2.45, 2.75) is 37.5 Å². The summed E-state index contributed by atoms with van der Waals surface area (Å²) in [5, 5.41) is 1.04. The van der Waals surface area contributed by atoms with Crippen LogP contribution in [0.3, 0.4) is 0 Å². The van der Waals surface area contributed by atoms with E-state index in [0.717, 1.165) is 16.9 Å². The molecule has 0 heterocycles. The third-order valence-electron chi connectivity index (χ3n) is 3.74. The molecule has 3 aliphatic carbocycles. The van der Waals surface area contributed by atoms with Gasteiger partial charge in [0.1, 0.15) is 0 Å². The Bertz CT molecular complexity index is 378. The van der Waals surface area contributed by atoms with Gasteiger partial charge in [0.05, 0.1) is 5.02 Å². The summed E-state index contributed by atoms with van der Waals surface area (Å²) in [6, 6.07) is 4.47. The molecule has 0 saturated heterocycles. The molecule has 3 aliphatic rings. The molecule has 0 amide bonds. The van der Waals surface area contributed by atoms with Crippen molar-refractivity contribution < 1.29 is 0 Å². The molecule has 74 valence electrons. The Hall–Kier alpha value is 0.240. The standard InChI is InChI=1S/C12H12ClI/c13-12-10(14)6-5-9-7-1-3-8(4-2-7)11(9)12/h5-8H,1-4H2. The highest BCUT2D eigenvalue weighted by molar-refractivity contribution is 14.1. The smallest absolute Gasteiger partial charge is 0.0577 e. The van der Waals surface area contributed by atoms with Gasteiger partial charge in [0.15, 0.2) is 0 Å². The monoisotopic (exact) mass is 318 g/mol. The Morgan fingerprint density at radius 1 is 1.07 bits per heavy atom. The van der Waals surface area contributed by atoms with E-state index in [1.165, 1.54) is 34.8 Å². The maximum absolute atomic E-state index is 6.40. The van der Waals surface area contributed by atoms with E-state index in [2.05, 4.69) is 34.7 Å². The van der Waals surface area contributed by atoms with Gasteiger partial charge in [0, 0.05) is 3.57 Å². The van der Waals surface area contributed by atoms with Gasteiger partial charge < -0.3 is 0 Å². The van der Waals surface area contributed by atoms with Crippen molar-refractivity contribution in [3.63, 3.8) is 0 Å².